The second-order valence-corrected chi connectivity index (χ2v) is 6.94. The molecule has 0 amide bonds. The summed E-state index contributed by atoms with van der Waals surface area (Å²) in [6, 6.07) is 2.84. The molecule has 27 heavy (non-hydrogen) atoms. The van der Waals surface area contributed by atoms with Crippen molar-refractivity contribution in [3.05, 3.63) is 55.3 Å². The summed E-state index contributed by atoms with van der Waals surface area (Å²) in [6.07, 6.45) is -1.16. The zero-order valence-electron chi connectivity index (χ0n) is 14.9. The predicted octanol–water partition coefficient (Wildman–Crippen LogP) is 4.81. The van der Waals surface area contributed by atoms with Crippen molar-refractivity contribution >= 4 is 52.5 Å². The molecule has 1 unspecified atom stereocenters. The molecule has 1 aromatic carbocycles. The van der Waals surface area contributed by atoms with Crippen LogP contribution in [0.4, 0.5) is 0 Å². The molecule has 0 aliphatic rings. The summed E-state index contributed by atoms with van der Waals surface area (Å²) in [7, 11) is 1.25. The minimum absolute atomic E-state index is 0.0499. The van der Waals surface area contributed by atoms with E-state index in [1.54, 1.807) is 13.8 Å². The standard InChI is InChI=1S/C18H16Cl3NO5/c1-7-12(17(24)26-4)8(2)22-15(7)16(23)9(3)27-18(25)13-10(19)5-6-11(20)14(13)21/h5-6,9,22H,1-4H3. The minimum Gasteiger partial charge on any atom is -0.465 e. The van der Waals surface area contributed by atoms with Crippen molar-refractivity contribution in [2.24, 2.45) is 0 Å². The first-order chi connectivity index (χ1) is 12.6. The summed E-state index contributed by atoms with van der Waals surface area (Å²) >= 11 is 17.9. The van der Waals surface area contributed by atoms with Gasteiger partial charge in [0.25, 0.3) is 0 Å². The van der Waals surface area contributed by atoms with Crippen molar-refractivity contribution < 1.29 is 23.9 Å². The molecule has 1 aromatic heterocycles. The van der Waals surface area contributed by atoms with E-state index in [2.05, 4.69) is 4.98 Å². The molecule has 0 aliphatic carbocycles. The fourth-order valence-corrected chi connectivity index (χ4v) is 3.28. The normalized spacial score (nSPS) is 11.8. The summed E-state index contributed by atoms with van der Waals surface area (Å²) in [4.78, 5) is 39.8. The maximum atomic E-state index is 12.7. The molecule has 9 heteroatoms. The van der Waals surface area contributed by atoms with Gasteiger partial charge in [0, 0.05) is 5.69 Å². The van der Waals surface area contributed by atoms with Crippen LogP contribution in [-0.4, -0.2) is 35.9 Å². The van der Waals surface area contributed by atoms with Gasteiger partial charge in [-0.15, -0.1) is 0 Å². The number of hydrogen-bond donors (Lipinski definition) is 1. The highest BCUT2D eigenvalue weighted by Gasteiger charge is 2.29. The predicted molar refractivity (Wildman–Crippen MR) is 102 cm³/mol. The zero-order valence-corrected chi connectivity index (χ0v) is 17.2. The van der Waals surface area contributed by atoms with Crippen molar-refractivity contribution in [2.75, 3.05) is 7.11 Å². The monoisotopic (exact) mass is 431 g/mol. The SMILES string of the molecule is COC(=O)c1c(C)[nH]c(C(=O)C(C)OC(=O)c2c(Cl)ccc(Cl)c2Cl)c1C. The van der Waals surface area contributed by atoms with Gasteiger partial charge >= 0.3 is 11.9 Å². The Morgan fingerprint density at radius 1 is 1.00 bits per heavy atom. The molecule has 0 spiro atoms. The third kappa shape index (κ3) is 4.13. The molecule has 1 atom stereocenters. The Morgan fingerprint density at radius 3 is 2.19 bits per heavy atom. The van der Waals surface area contributed by atoms with Gasteiger partial charge in [-0.25, -0.2) is 9.59 Å². The lowest BCUT2D eigenvalue weighted by molar-refractivity contribution is 0.0317. The number of carbonyl (C=O) groups excluding carboxylic acids is 3. The van der Waals surface area contributed by atoms with Crippen LogP contribution in [0.3, 0.4) is 0 Å². The molecule has 0 radical (unpaired) electrons. The van der Waals surface area contributed by atoms with E-state index in [1.165, 1.54) is 26.2 Å². The number of ketones is 1. The number of carbonyl (C=O) groups is 3. The molecule has 0 aliphatic heterocycles. The lowest BCUT2D eigenvalue weighted by Gasteiger charge is -2.14. The van der Waals surface area contributed by atoms with E-state index < -0.39 is 23.8 Å². The van der Waals surface area contributed by atoms with E-state index in [-0.39, 0.29) is 31.9 Å². The Bertz CT molecular complexity index is 936. The number of ether oxygens (including phenoxy) is 2. The molecule has 0 saturated heterocycles. The van der Waals surface area contributed by atoms with Crippen molar-refractivity contribution in [1.82, 2.24) is 4.98 Å². The van der Waals surface area contributed by atoms with Gasteiger partial charge in [-0.1, -0.05) is 34.8 Å². The van der Waals surface area contributed by atoms with Crippen LogP contribution in [0, 0.1) is 13.8 Å². The third-order valence-corrected chi connectivity index (χ3v) is 5.09. The van der Waals surface area contributed by atoms with Gasteiger partial charge in [0.2, 0.25) is 5.78 Å². The van der Waals surface area contributed by atoms with Crippen LogP contribution in [0.5, 0.6) is 0 Å². The summed E-state index contributed by atoms with van der Waals surface area (Å²) in [5, 5.41) is 0.119. The van der Waals surface area contributed by atoms with E-state index in [0.29, 0.717) is 11.3 Å². The Balaban J connectivity index is 2.28. The van der Waals surface area contributed by atoms with Crippen LogP contribution in [0.2, 0.25) is 15.1 Å². The Kier molecular flexibility index (Phi) is 6.57. The third-order valence-electron chi connectivity index (χ3n) is 3.97. The highest BCUT2D eigenvalue weighted by atomic mass is 35.5. The fourth-order valence-electron chi connectivity index (χ4n) is 2.60. The van der Waals surface area contributed by atoms with Gasteiger partial charge in [-0.05, 0) is 38.5 Å². The number of esters is 2. The highest BCUT2D eigenvalue weighted by molar-refractivity contribution is 6.46. The zero-order chi connectivity index (χ0) is 20.5. The van der Waals surface area contributed by atoms with Gasteiger partial charge < -0.3 is 14.5 Å². The average molecular weight is 433 g/mol. The Hall–Kier alpha value is -2.02. The first-order valence-corrected chi connectivity index (χ1v) is 8.89. The summed E-state index contributed by atoms with van der Waals surface area (Å²) in [5.74, 6) is -1.97. The number of hydrogen-bond acceptors (Lipinski definition) is 5. The maximum Gasteiger partial charge on any atom is 0.341 e. The summed E-state index contributed by atoms with van der Waals surface area (Å²) in [6.45, 7) is 4.64. The van der Waals surface area contributed by atoms with Gasteiger partial charge in [-0.2, -0.15) is 0 Å². The first-order valence-electron chi connectivity index (χ1n) is 7.76. The van der Waals surface area contributed by atoms with Crippen LogP contribution in [0.25, 0.3) is 0 Å². The van der Waals surface area contributed by atoms with Crippen molar-refractivity contribution in [1.29, 1.82) is 0 Å². The molecule has 1 N–H and O–H groups in total. The number of Topliss-reactive ketones (excluding diaryl/α,β-unsaturated/α-hetero) is 1. The van der Waals surface area contributed by atoms with Gasteiger partial charge in [-0.3, -0.25) is 4.79 Å². The van der Waals surface area contributed by atoms with Crippen LogP contribution < -0.4 is 0 Å². The molecule has 0 bridgehead atoms. The van der Waals surface area contributed by atoms with E-state index in [1.807, 2.05) is 0 Å². The van der Waals surface area contributed by atoms with Crippen LogP contribution in [0.15, 0.2) is 12.1 Å². The molecule has 1 heterocycles. The number of methoxy groups -OCH3 is 1. The van der Waals surface area contributed by atoms with E-state index >= 15 is 0 Å². The smallest absolute Gasteiger partial charge is 0.341 e. The van der Waals surface area contributed by atoms with Crippen LogP contribution in [0.1, 0.15) is 49.4 Å². The summed E-state index contributed by atoms with van der Waals surface area (Å²) < 4.78 is 9.92. The molecule has 2 aromatic rings. The van der Waals surface area contributed by atoms with Gasteiger partial charge in [0.05, 0.1) is 39.0 Å². The number of aromatic amines is 1. The lowest BCUT2D eigenvalue weighted by atomic mass is 10.1. The molecule has 0 saturated carbocycles. The largest absolute Gasteiger partial charge is 0.465 e. The van der Waals surface area contributed by atoms with Crippen molar-refractivity contribution in [3.8, 4) is 0 Å². The molecule has 6 nitrogen and oxygen atoms in total. The quantitative estimate of drug-likeness (QED) is 0.416. The molecule has 2 rings (SSSR count). The summed E-state index contributed by atoms with van der Waals surface area (Å²) in [5.41, 5.74) is 1.17. The number of aromatic nitrogens is 1. The topological polar surface area (TPSA) is 85.5 Å². The second kappa shape index (κ2) is 8.33. The fraction of sp³-hybridized carbons (Fsp3) is 0.278. The number of rotatable bonds is 5. The van der Waals surface area contributed by atoms with E-state index in [4.69, 9.17) is 44.3 Å². The highest BCUT2D eigenvalue weighted by Crippen LogP contribution is 2.32. The number of H-pyrrole nitrogens is 1. The Labute approximate surface area is 170 Å². The molecular weight excluding hydrogens is 417 g/mol. The molecule has 0 fully saturated rings. The van der Waals surface area contributed by atoms with Crippen LogP contribution >= 0.6 is 34.8 Å². The van der Waals surface area contributed by atoms with Crippen molar-refractivity contribution in [2.45, 2.75) is 26.9 Å². The Morgan fingerprint density at radius 2 is 1.59 bits per heavy atom. The van der Waals surface area contributed by atoms with E-state index in [9.17, 15) is 14.4 Å². The van der Waals surface area contributed by atoms with E-state index in [0.717, 1.165) is 0 Å². The van der Waals surface area contributed by atoms with Crippen LogP contribution in [-0.2, 0) is 9.47 Å². The number of nitrogens with one attached hydrogen (secondary N) is 1. The molecular formula is C18H16Cl3NO5. The van der Waals surface area contributed by atoms with Gasteiger partial charge in [0.1, 0.15) is 0 Å². The number of halogens is 3. The first kappa shape index (κ1) is 21.3. The van der Waals surface area contributed by atoms with Crippen molar-refractivity contribution in [3.63, 3.8) is 0 Å². The van der Waals surface area contributed by atoms with Gasteiger partial charge in [0.15, 0.2) is 6.10 Å². The molecule has 144 valence electrons. The maximum absolute atomic E-state index is 12.7. The second-order valence-electron chi connectivity index (χ2n) is 5.75. The number of aryl methyl sites for hydroxylation is 1. The number of benzene rings is 1. The lowest BCUT2D eigenvalue weighted by Crippen LogP contribution is -2.25. The minimum atomic E-state index is -1.16. The average Bonchev–Trinajstić information content (AvgIpc) is 2.91.